The van der Waals surface area contributed by atoms with Crippen LogP contribution in [0.15, 0.2) is 24.3 Å². The monoisotopic (exact) mass is 240 g/mol. The second-order valence-electron chi connectivity index (χ2n) is 5.98. The second-order valence-corrected chi connectivity index (χ2v) is 5.98. The molecule has 2 aliphatic carbocycles. The molecule has 2 unspecified atom stereocenters. The van der Waals surface area contributed by atoms with E-state index in [2.05, 4.69) is 49.3 Å². The maximum absolute atomic E-state index is 9.81. The lowest BCUT2D eigenvalue weighted by Crippen LogP contribution is -2.51. The van der Waals surface area contributed by atoms with E-state index >= 15 is 0 Å². The van der Waals surface area contributed by atoms with E-state index in [9.17, 15) is 5.26 Å². The van der Waals surface area contributed by atoms with E-state index in [1.54, 1.807) is 0 Å². The van der Waals surface area contributed by atoms with Crippen molar-refractivity contribution in [3.63, 3.8) is 0 Å². The molecule has 1 saturated carbocycles. The number of nitrogens with zero attached hydrogens (tertiary/aromatic N) is 2. The molecule has 2 heteroatoms. The van der Waals surface area contributed by atoms with Crippen molar-refractivity contribution in [2.45, 2.75) is 31.2 Å². The zero-order valence-corrected chi connectivity index (χ0v) is 11.2. The van der Waals surface area contributed by atoms with Gasteiger partial charge in [-0.1, -0.05) is 24.3 Å². The van der Waals surface area contributed by atoms with Crippen molar-refractivity contribution < 1.29 is 0 Å². The van der Waals surface area contributed by atoms with Gasteiger partial charge in [-0.25, -0.2) is 0 Å². The molecule has 0 spiro atoms. The third-order valence-corrected chi connectivity index (χ3v) is 5.08. The van der Waals surface area contributed by atoms with Gasteiger partial charge < -0.3 is 0 Å². The van der Waals surface area contributed by atoms with Gasteiger partial charge in [-0.05, 0) is 62.7 Å². The Morgan fingerprint density at radius 3 is 2.00 bits per heavy atom. The van der Waals surface area contributed by atoms with Crippen molar-refractivity contribution in [1.82, 2.24) is 4.90 Å². The highest BCUT2D eigenvalue weighted by molar-refractivity contribution is 5.34. The third kappa shape index (κ3) is 1.44. The first-order chi connectivity index (χ1) is 8.68. The van der Waals surface area contributed by atoms with E-state index < -0.39 is 0 Å². The summed E-state index contributed by atoms with van der Waals surface area (Å²) in [4.78, 5) is 2.18. The molecule has 0 amide bonds. The molecule has 0 N–H and O–H groups in total. The molecule has 2 atom stereocenters. The number of nitriles is 1. The Hall–Kier alpha value is -1.33. The van der Waals surface area contributed by atoms with Crippen LogP contribution in [0.1, 0.15) is 24.0 Å². The van der Waals surface area contributed by atoms with Crippen LogP contribution in [0.5, 0.6) is 0 Å². The van der Waals surface area contributed by atoms with Crippen molar-refractivity contribution in [1.29, 1.82) is 5.26 Å². The summed E-state index contributed by atoms with van der Waals surface area (Å²) >= 11 is 0. The van der Waals surface area contributed by atoms with Gasteiger partial charge in [-0.3, -0.25) is 4.90 Å². The highest BCUT2D eigenvalue weighted by Gasteiger charge is 2.53. The lowest BCUT2D eigenvalue weighted by atomic mass is 9.79. The predicted molar refractivity (Wildman–Crippen MR) is 72.1 cm³/mol. The summed E-state index contributed by atoms with van der Waals surface area (Å²) < 4.78 is 0. The average Bonchev–Trinajstić information content (AvgIpc) is 2.61. The van der Waals surface area contributed by atoms with E-state index in [4.69, 9.17) is 0 Å². The topological polar surface area (TPSA) is 27.0 Å². The molecule has 2 nitrogen and oxygen atoms in total. The predicted octanol–water partition coefficient (Wildman–Crippen LogP) is 2.64. The summed E-state index contributed by atoms with van der Waals surface area (Å²) in [5.41, 5.74) is 2.68. The maximum Gasteiger partial charge on any atom is 0.115 e. The Morgan fingerprint density at radius 1 is 1.11 bits per heavy atom. The van der Waals surface area contributed by atoms with Gasteiger partial charge in [0.2, 0.25) is 0 Å². The number of benzene rings is 1. The highest BCUT2D eigenvalue weighted by Crippen LogP contribution is 2.49. The molecule has 1 fully saturated rings. The minimum Gasteiger partial charge on any atom is -0.291 e. The summed E-state index contributed by atoms with van der Waals surface area (Å²) in [6.45, 7) is 0. The van der Waals surface area contributed by atoms with Crippen LogP contribution >= 0.6 is 0 Å². The first kappa shape index (κ1) is 11.7. The second kappa shape index (κ2) is 4.10. The molecule has 0 saturated heterocycles. The van der Waals surface area contributed by atoms with Gasteiger partial charge in [-0.2, -0.15) is 5.26 Å². The third-order valence-electron chi connectivity index (χ3n) is 5.08. The first-order valence-corrected chi connectivity index (χ1v) is 6.84. The van der Waals surface area contributed by atoms with Gasteiger partial charge in [0.25, 0.3) is 0 Å². The van der Waals surface area contributed by atoms with Crippen molar-refractivity contribution in [3.05, 3.63) is 35.4 Å². The molecule has 0 heterocycles. The molecule has 94 valence electrons. The molecular weight excluding hydrogens is 220 g/mol. The number of hydrogen-bond donors (Lipinski definition) is 0. The Bertz CT molecular complexity index is 465. The highest BCUT2D eigenvalue weighted by atomic mass is 15.2. The molecule has 0 aliphatic heterocycles. The van der Waals surface area contributed by atoms with Crippen LogP contribution in [0.25, 0.3) is 0 Å². The van der Waals surface area contributed by atoms with Crippen molar-refractivity contribution in [3.8, 4) is 6.07 Å². The Balaban J connectivity index is 2.08. The van der Waals surface area contributed by atoms with Gasteiger partial charge in [0.15, 0.2) is 0 Å². The van der Waals surface area contributed by atoms with Crippen molar-refractivity contribution in [2.75, 3.05) is 14.1 Å². The quantitative estimate of drug-likeness (QED) is 0.754. The first-order valence-electron chi connectivity index (χ1n) is 6.84. The van der Waals surface area contributed by atoms with Crippen molar-refractivity contribution in [2.24, 2.45) is 11.8 Å². The van der Waals surface area contributed by atoms with E-state index in [1.807, 2.05) is 0 Å². The zero-order chi connectivity index (χ0) is 12.8. The van der Waals surface area contributed by atoms with Crippen LogP contribution in [-0.2, 0) is 12.8 Å². The maximum atomic E-state index is 9.81. The SMILES string of the molecule is CN(C)C1(C#N)C2CCC1Cc1ccccc1C2. The van der Waals surface area contributed by atoms with Crippen LogP contribution in [0.3, 0.4) is 0 Å². The van der Waals surface area contributed by atoms with Gasteiger partial charge in [0.1, 0.15) is 5.54 Å². The molecule has 2 bridgehead atoms. The molecule has 18 heavy (non-hydrogen) atoms. The minimum absolute atomic E-state index is 0.251. The van der Waals surface area contributed by atoms with Crippen LogP contribution in [0.2, 0.25) is 0 Å². The summed E-state index contributed by atoms with van der Waals surface area (Å²) in [5.74, 6) is 0.984. The van der Waals surface area contributed by atoms with E-state index in [1.165, 1.54) is 24.0 Å². The normalized spacial score (nSPS) is 33.9. The summed E-state index contributed by atoms with van der Waals surface area (Å²) in [7, 11) is 4.15. The molecule has 2 aliphatic rings. The fraction of sp³-hybridized carbons (Fsp3) is 0.562. The summed E-state index contributed by atoms with van der Waals surface area (Å²) in [5, 5.41) is 9.81. The van der Waals surface area contributed by atoms with Gasteiger partial charge >= 0.3 is 0 Å². The molecule has 0 radical (unpaired) electrons. The van der Waals surface area contributed by atoms with Crippen molar-refractivity contribution >= 4 is 0 Å². The smallest absolute Gasteiger partial charge is 0.115 e. The van der Waals surface area contributed by atoms with E-state index in [0.717, 1.165) is 12.8 Å². The Morgan fingerprint density at radius 2 is 1.61 bits per heavy atom. The molecular formula is C16H20N2. The lowest BCUT2D eigenvalue weighted by molar-refractivity contribution is 0.119. The van der Waals surface area contributed by atoms with Crippen LogP contribution < -0.4 is 0 Å². The Labute approximate surface area is 109 Å². The van der Waals surface area contributed by atoms with E-state index in [-0.39, 0.29) is 5.54 Å². The standard InChI is InChI=1S/C16H20N2/c1-18(2)16(11-17)14-7-8-15(16)10-13-6-4-3-5-12(13)9-14/h3-6,14-15H,7-10H2,1-2H3. The van der Waals surface area contributed by atoms with Gasteiger partial charge in [-0.15, -0.1) is 0 Å². The van der Waals surface area contributed by atoms with Crippen LogP contribution in [0, 0.1) is 23.2 Å². The van der Waals surface area contributed by atoms with Gasteiger partial charge in [0.05, 0.1) is 6.07 Å². The summed E-state index contributed by atoms with van der Waals surface area (Å²) in [6, 6.07) is 11.4. The van der Waals surface area contributed by atoms with Crippen LogP contribution in [-0.4, -0.2) is 24.5 Å². The van der Waals surface area contributed by atoms with E-state index in [0.29, 0.717) is 11.8 Å². The van der Waals surface area contributed by atoms with Gasteiger partial charge in [0, 0.05) is 0 Å². The Kier molecular flexibility index (Phi) is 2.68. The fourth-order valence-corrected chi connectivity index (χ4v) is 4.19. The zero-order valence-electron chi connectivity index (χ0n) is 11.2. The fourth-order valence-electron chi connectivity index (χ4n) is 4.19. The largest absolute Gasteiger partial charge is 0.291 e. The molecule has 3 rings (SSSR count). The number of hydrogen-bond acceptors (Lipinski definition) is 2. The average molecular weight is 240 g/mol. The minimum atomic E-state index is -0.251. The summed E-state index contributed by atoms with van der Waals surface area (Å²) in [6.07, 6.45) is 4.53. The van der Waals surface area contributed by atoms with Crippen LogP contribution in [0.4, 0.5) is 0 Å². The number of fused-ring (bicyclic) bond motifs is 3. The molecule has 0 aromatic heterocycles. The number of rotatable bonds is 1. The molecule has 1 aromatic carbocycles. The lowest BCUT2D eigenvalue weighted by Gasteiger charge is -2.38. The molecule has 1 aromatic rings.